The van der Waals surface area contributed by atoms with E-state index in [-0.39, 0.29) is 23.2 Å². The quantitative estimate of drug-likeness (QED) is 0.692. The molecule has 0 spiro atoms. The molecule has 1 aliphatic rings. The van der Waals surface area contributed by atoms with E-state index < -0.39 is 16.4 Å². The molecule has 124 valence electrons. The van der Waals surface area contributed by atoms with Gasteiger partial charge in [0.1, 0.15) is 5.82 Å². The third-order valence-electron chi connectivity index (χ3n) is 4.21. The van der Waals surface area contributed by atoms with Crippen molar-refractivity contribution in [3.63, 3.8) is 0 Å². The third kappa shape index (κ3) is 3.05. The molecular formula is C17H15FN2O4. The summed E-state index contributed by atoms with van der Waals surface area (Å²) >= 11 is 0. The minimum atomic E-state index is -0.709. The maximum atomic E-state index is 13.3. The highest BCUT2D eigenvalue weighted by Crippen LogP contribution is 2.30. The van der Waals surface area contributed by atoms with Crippen LogP contribution in [-0.4, -0.2) is 33.9 Å². The lowest BCUT2D eigenvalue weighted by Gasteiger charge is -2.17. The van der Waals surface area contributed by atoms with Crippen molar-refractivity contribution in [2.45, 2.75) is 12.3 Å². The summed E-state index contributed by atoms with van der Waals surface area (Å²) in [7, 11) is 0. The van der Waals surface area contributed by atoms with E-state index in [1.807, 2.05) is 6.07 Å². The van der Waals surface area contributed by atoms with Gasteiger partial charge in [-0.15, -0.1) is 0 Å². The number of aromatic hydroxyl groups is 1. The predicted molar refractivity (Wildman–Crippen MR) is 84.4 cm³/mol. The van der Waals surface area contributed by atoms with Crippen LogP contribution < -0.4 is 0 Å². The highest BCUT2D eigenvalue weighted by Gasteiger charge is 2.29. The topological polar surface area (TPSA) is 83.7 Å². The Hall–Kier alpha value is -2.96. The molecule has 1 N–H and O–H groups in total. The van der Waals surface area contributed by atoms with Crippen LogP contribution in [0.3, 0.4) is 0 Å². The molecule has 7 heteroatoms. The van der Waals surface area contributed by atoms with E-state index in [0.29, 0.717) is 19.5 Å². The maximum Gasteiger partial charge on any atom is 0.310 e. The highest BCUT2D eigenvalue weighted by molar-refractivity contribution is 5.95. The van der Waals surface area contributed by atoms with Crippen LogP contribution in [-0.2, 0) is 0 Å². The first kappa shape index (κ1) is 15.9. The summed E-state index contributed by atoms with van der Waals surface area (Å²) < 4.78 is 13.3. The summed E-state index contributed by atoms with van der Waals surface area (Å²) in [5, 5.41) is 20.4. The minimum absolute atomic E-state index is 0.0521. The molecule has 1 saturated heterocycles. The Labute approximate surface area is 137 Å². The van der Waals surface area contributed by atoms with Gasteiger partial charge in [-0.2, -0.15) is 0 Å². The first-order valence-electron chi connectivity index (χ1n) is 7.48. The van der Waals surface area contributed by atoms with Crippen molar-refractivity contribution in [3.05, 3.63) is 69.5 Å². The summed E-state index contributed by atoms with van der Waals surface area (Å²) in [6.45, 7) is 0.956. The zero-order valence-electron chi connectivity index (χ0n) is 12.7. The molecule has 1 amide bonds. The molecule has 6 nitrogen and oxygen atoms in total. The SMILES string of the molecule is O=C(c1ccc([N+](=O)[O-])c(O)c1)N1CCC(c2cccc(F)c2)C1. The molecule has 1 unspecified atom stereocenters. The number of phenols is 1. The third-order valence-corrected chi connectivity index (χ3v) is 4.21. The summed E-state index contributed by atoms with van der Waals surface area (Å²) in [6.07, 6.45) is 0.716. The van der Waals surface area contributed by atoms with Crippen molar-refractivity contribution in [2.24, 2.45) is 0 Å². The first-order valence-corrected chi connectivity index (χ1v) is 7.48. The van der Waals surface area contributed by atoms with Crippen molar-refractivity contribution in [3.8, 4) is 5.75 Å². The molecule has 0 bridgehead atoms. The summed E-state index contributed by atoms with van der Waals surface area (Å²) in [6, 6.07) is 9.87. The van der Waals surface area contributed by atoms with Crippen LogP contribution in [0.1, 0.15) is 28.3 Å². The molecule has 1 fully saturated rings. The number of carbonyl (C=O) groups excluding carboxylic acids is 1. The van der Waals surface area contributed by atoms with Crippen molar-refractivity contribution >= 4 is 11.6 Å². The average Bonchev–Trinajstić information content (AvgIpc) is 3.03. The number of nitro groups is 1. The van der Waals surface area contributed by atoms with E-state index in [1.54, 1.807) is 11.0 Å². The van der Waals surface area contributed by atoms with E-state index in [2.05, 4.69) is 0 Å². The molecule has 2 aromatic carbocycles. The normalized spacial score (nSPS) is 17.0. The molecule has 0 saturated carbocycles. The van der Waals surface area contributed by atoms with Gasteiger partial charge in [-0.05, 0) is 36.2 Å². The molecule has 2 aromatic rings. The number of benzene rings is 2. The van der Waals surface area contributed by atoms with Gasteiger partial charge in [0.15, 0.2) is 5.75 Å². The largest absolute Gasteiger partial charge is 0.502 e. The smallest absolute Gasteiger partial charge is 0.310 e. The van der Waals surface area contributed by atoms with Crippen molar-refractivity contribution in [1.29, 1.82) is 0 Å². The lowest BCUT2D eigenvalue weighted by Crippen LogP contribution is -2.28. The van der Waals surface area contributed by atoms with Crippen LogP contribution in [0, 0.1) is 15.9 Å². The van der Waals surface area contributed by atoms with Gasteiger partial charge in [-0.1, -0.05) is 12.1 Å². The second-order valence-corrected chi connectivity index (χ2v) is 5.75. The Morgan fingerprint density at radius 3 is 2.75 bits per heavy atom. The Balaban J connectivity index is 1.75. The summed E-state index contributed by atoms with van der Waals surface area (Å²) in [4.78, 5) is 24.1. The van der Waals surface area contributed by atoms with Crippen LogP contribution in [0.5, 0.6) is 5.75 Å². The minimum Gasteiger partial charge on any atom is -0.502 e. The Bertz CT molecular complexity index is 809. The number of hydrogen-bond donors (Lipinski definition) is 1. The van der Waals surface area contributed by atoms with E-state index in [0.717, 1.165) is 17.7 Å². The fourth-order valence-corrected chi connectivity index (χ4v) is 2.97. The van der Waals surface area contributed by atoms with Gasteiger partial charge in [0.25, 0.3) is 5.91 Å². The lowest BCUT2D eigenvalue weighted by atomic mass is 9.98. The zero-order chi connectivity index (χ0) is 17.3. The molecule has 0 aromatic heterocycles. The maximum absolute atomic E-state index is 13.3. The van der Waals surface area contributed by atoms with Crippen LogP contribution in [0.15, 0.2) is 42.5 Å². The van der Waals surface area contributed by atoms with Crippen molar-refractivity contribution in [2.75, 3.05) is 13.1 Å². The van der Waals surface area contributed by atoms with Gasteiger partial charge in [-0.3, -0.25) is 14.9 Å². The van der Waals surface area contributed by atoms with Crippen LogP contribution in [0.4, 0.5) is 10.1 Å². The fourth-order valence-electron chi connectivity index (χ4n) is 2.97. The fraction of sp³-hybridized carbons (Fsp3) is 0.235. The van der Waals surface area contributed by atoms with Crippen LogP contribution in [0.2, 0.25) is 0 Å². The predicted octanol–water partition coefficient (Wildman–Crippen LogP) is 3.07. The van der Waals surface area contributed by atoms with E-state index in [9.17, 15) is 24.4 Å². The first-order chi connectivity index (χ1) is 11.5. The molecular weight excluding hydrogens is 315 g/mol. The van der Waals surface area contributed by atoms with Gasteiger partial charge in [0.05, 0.1) is 4.92 Å². The molecule has 1 atom stereocenters. The second kappa shape index (κ2) is 6.27. The zero-order valence-corrected chi connectivity index (χ0v) is 12.7. The number of nitro benzene ring substituents is 1. The van der Waals surface area contributed by atoms with Crippen LogP contribution >= 0.6 is 0 Å². The number of hydrogen-bond acceptors (Lipinski definition) is 4. The summed E-state index contributed by atoms with van der Waals surface area (Å²) in [5.41, 5.74) is 0.598. The van der Waals surface area contributed by atoms with Gasteiger partial charge in [0, 0.05) is 30.6 Å². The number of nitrogens with zero attached hydrogens (tertiary/aromatic N) is 2. The number of halogens is 1. The van der Waals surface area contributed by atoms with Gasteiger partial charge >= 0.3 is 5.69 Å². The summed E-state index contributed by atoms with van der Waals surface area (Å²) in [5.74, 6) is -1.10. The van der Waals surface area contributed by atoms with E-state index in [1.165, 1.54) is 18.2 Å². The molecule has 24 heavy (non-hydrogen) atoms. The Kier molecular flexibility index (Phi) is 4.16. The van der Waals surface area contributed by atoms with Gasteiger partial charge in [-0.25, -0.2) is 4.39 Å². The van der Waals surface area contributed by atoms with Crippen molar-refractivity contribution < 1.29 is 19.2 Å². The van der Waals surface area contributed by atoms with Gasteiger partial charge in [0.2, 0.25) is 0 Å². The number of carbonyl (C=O) groups is 1. The second-order valence-electron chi connectivity index (χ2n) is 5.75. The monoisotopic (exact) mass is 330 g/mol. The number of likely N-dealkylation sites (tertiary alicyclic amines) is 1. The van der Waals surface area contributed by atoms with Crippen LogP contribution in [0.25, 0.3) is 0 Å². The van der Waals surface area contributed by atoms with E-state index in [4.69, 9.17) is 0 Å². The number of rotatable bonds is 3. The van der Waals surface area contributed by atoms with Crippen molar-refractivity contribution in [1.82, 2.24) is 4.90 Å². The molecule has 0 aliphatic carbocycles. The number of amides is 1. The average molecular weight is 330 g/mol. The molecule has 1 heterocycles. The highest BCUT2D eigenvalue weighted by atomic mass is 19.1. The van der Waals surface area contributed by atoms with E-state index >= 15 is 0 Å². The lowest BCUT2D eigenvalue weighted by molar-refractivity contribution is -0.385. The molecule has 1 aliphatic heterocycles. The standard InChI is InChI=1S/C17H15FN2O4/c18-14-3-1-2-11(8-14)13-6-7-19(10-13)17(22)12-4-5-15(20(23)24)16(21)9-12/h1-5,8-9,13,21H,6-7,10H2. The molecule has 3 rings (SSSR count). The number of phenolic OH excluding ortho intramolecular Hbond substituents is 1. The Morgan fingerprint density at radius 1 is 1.29 bits per heavy atom. The Morgan fingerprint density at radius 2 is 2.08 bits per heavy atom. The van der Waals surface area contributed by atoms with Gasteiger partial charge < -0.3 is 10.0 Å². The molecule has 0 radical (unpaired) electrons.